The Hall–Kier alpha value is -0.870. The molecule has 1 fully saturated rings. The van der Waals surface area contributed by atoms with Crippen LogP contribution < -0.4 is 5.32 Å². The van der Waals surface area contributed by atoms with Crippen molar-refractivity contribution in [1.82, 2.24) is 5.32 Å². The van der Waals surface area contributed by atoms with Crippen LogP contribution in [-0.2, 0) is 9.84 Å². The van der Waals surface area contributed by atoms with E-state index in [4.69, 9.17) is 0 Å². The monoisotopic (exact) mass is 309 g/mol. The first-order chi connectivity index (χ1) is 9.96. The molecule has 0 spiro atoms. The number of nitrogens with one attached hydrogen (secondary N) is 1. The standard InChI is InChI=1S/C17H27NO2S/c1-4-18-16-11-10-14(13(2)3)12-17(16)21(19,20)15-8-6-5-7-9-15/h5-9,13-14,16-18H,4,10-12H2,1-3H3. The molecule has 0 bridgehead atoms. The summed E-state index contributed by atoms with van der Waals surface area (Å²) in [6.45, 7) is 7.26. The third-order valence-corrected chi connectivity index (χ3v) is 6.96. The molecule has 0 amide bonds. The lowest BCUT2D eigenvalue weighted by atomic mass is 9.79. The summed E-state index contributed by atoms with van der Waals surface area (Å²) in [4.78, 5) is 0.460. The van der Waals surface area contributed by atoms with E-state index in [1.165, 1.54) is 0 Å². The third kappa shape index (κ3) is 3.67. The molecule has 1 aliphatic carbocycles. The van der Waals surface area contributed by atoms with Crippen LogP contribution in [-0.4, -0.2) is 26.3 Å². The Bertz CT molecular complexity index is 539. The lowest BCUT2D eigenvalue weighted by Crippen LogP contribution is -2.48. The molecule has 4 heteroatoms. The van der Waals surface area contributed by atoms with Gasteiger partial charge >= 0.3 is 0 Å². The van der Waals surface area contributed by atoms with Gasteiger partial charge in [0.25, 0.3) is 0 Å². The van der Waals surface area contributed by atoms with Gasteiger partial charge in [-0.2, -0.15) is 0 Å². The van der Waals surface area contributed by atoms with Crippen LogP contribution in [0.25, 0.3) is 0 Å². The normalized spacial score (nSPS) is 27.0. The molecule has 0 aromatic heterocycles. The van der Waals surface area contributed by atoms with Gasteiger partial charge in [-0.3, -0.25) is 0 Å². The van der Waals surface area contributed by atoms with Gasteiger partial charge in [-0.1, -0.05) is 39.0 Å². The molecule has 1 aliphatic rings. The van der Waals surface area contributed by atoms with Gasteiger partial charge in [-0.25, -0.2) is 8.42 Å². The van der Waals surface area contributed by atoms with E-state index in [0.29, 0.717) is 16.7 Å². The first-order valence-corrected chi connectivity index (χ1v) is 9.53. The van der Waals surface area contributed by atoms with Gasteiger partial charge < -0.3 is 5.32 Å². The van der Waals surface area contributed by atoms with E-state index in [9.17, 15) is 8.42 Å². The Kier molecular flexibility index (Phi) is 5.44. The van der Waals surface area contributed by atoms with E-state index in [-0.39, 0.29) is 11.3 Å². The zero-order chi connectivity index (χ0) is 15.5. The lowest BCUT2D eigenvalue weighted by molar-refractivity contribution is 0.242. The fourth-order valence-corrected chi connectivity index (χ4v) is 5.44. The lowest BCUT2D eigenvalue weighted by Gasteiger charge is -2.37. The van der Waals surface area contributed by atoms with Gasteiger partial charge in [-0.05, 0) is 49.8 Å². The highest BCUT2D eigenvalue weighted by Gasteiger charge is 2.40. The fourth-order valence-electron chi connectivity index (χ4n) is 3.39. The molecule has 0 heterocycles. The van der Waals surface area contributed by atoms with Gasteiger partial charge in [0.05, 0.1) is 10.1 Å². The van der Waals surface area contributed by atoms with Crippen LogP contribution >= 0.6 is 0 Å². The maximum absolute atomic E-state index is 13.0. The van der Waals surface area contributed by atoms with Crippen molar-refractivity contribution in [2.45, 2.75) is 56.2 Å². The first kappa shape index (κ1) is 16.5. The number of hydrogen-bond donors (Lipinski definition) is 1. The van der Waals surface area contributed by atoms with Crippen LogP contribution in [0.15, 0.2) is 35.2 Å². The third-order valence-electron chi connectivity index (χ3n) is 4.71. The summed E-state index contributed by atoms with van der Waals surface area (Å²) in [5.41, 5.74) is 0. The van der Waals surface area contributed by atoms with E-state index in [0.717, 1.165) is 25.8 Å². The van der Waals surface area contributed by atoms with Crippen molar-refractivity contribution in [1.29, 1.82) is 0 Å². The molecule has 21 heavy (non-hydrogen) atoms. The quantitative estimate of drug-likeness (QED) is 0.908. The van der Waals surface area contributed by atoms with Gasteiger partial charge in [-0.15, -0.1) is 0 Å². The second-order valence-electron chi connectivity index (χ2n) is 6.38. The van der Waals surface area contributed by atoms with E-state index in [2.05, 4.69) is 19.2 Å². The average molecular weight is 309 g/mol. The van der Waals surface area contributed by atoms with Crippen molar-refractivity contribution < 1.29 is 8.42 Å². The summed E-state index contributed by atoms with van der Waals surface area (Å²) in [7, 11) is -3.26. The summed E-state index contributed by atoms with van der Waals surface area (Å²) in [5.74, 6) is 1.05. The molecule has 1 saturated carbocycles. The molecule has 3 nitrogen and oxygen atoms in total. The van der Waals surface area contributed by atoms with Crippen molar-refractivity contribution in [2.75, 3.05) is 6.54 Å². The average Bonchev–Trinajstić information content (AvgIpc) is 2.48. The number of hydrogen-bond acceptors (Lipinski definition) is 3. The highest BCUT2D eigenvalue weighted by atomic mass is 32.2. The molecule has 3 unspecified atom stereocenters. The summed E-state index contributed by atoms with van der Waals surface area (Å²) >= 11 is 0. The van der Waals surface area contributed by atoms with Gasteiger partial charge in [0, 0.05) is 6.04 Å². The Morgan fingerprint density at radius 2 is 1.86 bits per heavy atom. The van der Waals surface area contributed by atoms with Crippen LogP contribution in [0.3, 0.4) is 0 Å². The zero-order valence-corrected chi connectivity index (χ0v) is 14.1. The van der Waals surface area contributed by atoms with Crippen LogP contribution in [0.2, 0.25) is 0 Å². The molecule has 1 aromatic carbocycles. The second kappa shape index (κ2) is 6.93. The van der Waals surface area contributed by atoms with Gasteiger partial charge in [0.2, 0.25) is 0 Å². The molecule has 0 aliphatic heterocycles. The summed E-state index contributed by atoms with van der Waals surface area (Å²) in [5, 5.41) is 3.09. The molecular formula is C17H27NO2S. The first-order valence-electron chi connectivity index (χ1n) is 7.99. The van der Waals surface area contributed by atoms with Gasteiger partial charge in [0.1, 0.15) is 0 Å². The van der Waals surface area contributed by atoms with Crippen LogP contribution in [0.4, 0.5) is 0 Å². The summed E-state index contributed by atoms with van der Waals surface area (Å²) < 4.78 is 26.0. The molecule has 118 valence electrons. The largest absolute Gasteiger partial charge is 0.313 e. The van der Waals surface area contributed by atoms with Crippen molar-refractivity contribution in [3.05, 3.63) is 30.3 Å². The maximum atomic E-state index is 13.0. The predicted octanol–water partition coefficient (Wildman–Crippen LogP) is 3.26. The van der Waals surface area contributed by atoms with Crippen molar-refractivity contribution >= 4 is 9.84 Å². The molecule has 0 saturated heterocycles. The SMILES string of the molecule is CCNC1CCC(C(C)C)CC1S(=O)(=O)c1ccccc1. The number of sulfone groups is 1. The molecule has 1 N–H and O–H groups in total. The van der Waals surface area contributed by atoms with Gasteiger partial charge in [0.15, 0.2) is 9.84 Å². The van der Waals surface area contributed by atoms with Crippen LogP contribution in [0.5, 0.6) is 0 Å². The predicted molar refractivity (Wildman–Crippen MR) is 87.1 cm³/mol. The Labute approximate surface area is 129 Å². The minimum Gasteiger partial charge on any atom is -0.313 e. The zero-order valence-electron chi connectivity index (χ0n) is 13.2. The maximum Gasteiger partial charge on any atom is 0.182 e. The van der Waals surface area contributed by atoms with Crippen molar-refractivity contribution in [2.24, 2.45) is 11.8 Å². The molecule has 0 radical (unpaired) electrons. The Morgan fingerprint density at radius 1 is 1.19 bits per heavy atom. The summed E-state index contributed by atoms with van der Waals surface area (Å²) in [6.07, 6.45) is 2.84. The molecular weight excluding hydrogens is 282 g/mol. The summed E-state index contributed by atoms with van der Waals surface area (Å²) in [6, 6.07) is 8.98. The smallest absolute Gasteiger partial charge is 0.182 e. The highest BCUT2D eigenvalue weighted by Crippen LogP contribution is 2.35. The Morgan fingerprint density at radius 3 is 2.43 bits per heavy atom. The second-order valence-corrected chi connectivity index (χ2v) is 8.54. The van der Waals surface area contributed by atoms with E-state index >= 15 is 0 Å². The number of rotatable bonds is 5. The minimum atomic E-state index is -3.26. The van der Waals surface area contributed by atoms with E-state index in [1.807, 2.05) is 13.0 Å². The minimum absolute atomic E-state index is 0.0789. The fraction of sp³-hybridized carbons (Fsp3) is 0.647. The Balaban J connectivity index is 2.30. The van der Waals surface area contributed by atoms with Crippen LogP contribution in [0.1, 0.15) is 40.0 Å². The van der Waals surface area contributed by atoms with E-state index < -0.39 is 9.84 Å². The van der Waals surface area contributed by atoms with Crippen LogP contribution in [0, 0.1) is 11.8 Å². The van der Waals surface area contributed by atoms with Crippen molar-refractivity contribution in [3.63, 3.8) is 0 Å². The highest BCUT2D eigenvalue weighted by molar-refractivity contribution is 7.92. The molecule has 2 rings (SSSR count). The molecule has 3 atom stereocenters. The number of benzene rings is 1. The van der Waals surface area contributed by atoms with E-state index in [1.54, 1.807) is 24.3 Å². The topological polar surface area (TPSA) is 46.2 Å². The molecule has 1 aromatic rings. The van der Waals surface area contributed by atoms with Crippen molar-refractivity contribution in [3.8, 4) is 0 Å².